The third-order valence-electron chi connectivity index (χ3n) is 3.97. The SMILES string of the molecule is O=C(Cn1cccn1)NCc1ccc(-c2nc3ccccc3[nH]2)cc1. The number of para-hydroxylation sites is 2. The minimum atomic E-state index is -0.0648. The summed E-state index contributed by atoms with van der Waals surface area (Å²) >= 11 is 0. The van der Waals surface area contributed by atoms with Crippen molar-refractivity contribution in [2.45, 2.75) is 13.1 Å². The second kappa shape index (κ2) is 6.60. The van der Waals surface area contributed by atoms with Crippen LogP contribution in [0.5, 0.6) is 0 Å². The minimum Gasteiger partial charge on any atom is -0.350 e. The summed E-state index contributed by atoms with van der Waals surface area (Å²) in [5.41, 5.74) is 4.02. The van der Waals surface area contributed by atoms with Crippen LogP contribution >= 0.6 is 0 Å². The summed E-state index contributed by atoms with van der Waals surface area (Å²) in [4.78, 5) is 19.8. The maximum atomic E-state index is 11.9. The van der Waals surface area contributed by atoms with Gasteiger partial charge in [0.2, 0.25) is 5.91 Å². The highest BCUT2D eigenvalue weighted by molar-refractivity contribution is 5.79. The highest BCUT2D eigenvalue weighted by Gasteiger charge is 2.06. The Balaban J connectivity index is 1.40. The lowest BCUT2D eigenvalue weighted by atomic mass is 10.1. The van der Waals surface area contributed by atoms with Crippen molar-refractivity contribution in [1.29, 1.82) is 0 Å². The summed E-state index contributed by atoms with van der Waals surface area (Å²) in [6, 6.07) is 17.8. The quantitative estimate of drug-likeness (QED) is 0.590. The van der Waals surface area contributed by atoms with Crippen LogP contribution in [-0.2, 0) is 17.9 Å². The standard InChI is InChI=1S/C19H17N5O/c25-18(13-24-11-3-10-21-24)20-12-14-6-8-15(9-7-14)19-22-16-4-1-2-5-17(16)23-19/h1-11H,12-13H2,(H,20,25)(H,22,23). The molecular formula is C19H17N5O. The molecule has 6 heteroatoms. The number of hydrogen-bond acceptors (Lipinski definition) is 3. The van der Waals surface area contributed by atoms with Gasteiger partial charge in [0.05, 0.1) is 11.0 Å². The first kappa shape index (κ1) is 15.1. The van der Waals surface area contributed by atoms with E-state index in [1.165, 1.54) is 0 Å². The lowest BCUT2D eigenvalue weighted by Gasteiger charge is -2.06. The Morgan fingerprint density at radius 2 is 1.92 bits per heavy atom. The second-order valence-corrected chi connectivity index (χ2v) is 5.78. The Kier molecular flexibility index (Phi) is 4.00. The average molecular weight is 331 g/mol. The molecule has 2 aromatic heterocycles. The fraction of sp³-hybridized carbons (Fsp3) is 0.105. The Morgan fingerprint density at radius 3 is 2.68 bits per heavy atom. The third-order valence-corrected chi connectivity index (χ3v) is 3.97. The van der Waals surface area contributed by atoms with Gasteiger partial charge < -0.3 is 10.3 Å². The van der Waals surface area contributed by atoms with Crippen LogP contribution in [0.3, 0.4) is 0 Å². The molecule has 0 unspecified atom stereocenters. The largest absolute Gasteiger partial charge is 0.350 e. The van der Waals surface area contributed by atoms with Gasteiger partial charge in [-0.15, -0.1) is 0 Å². The number of nitrogens with one attached hydrogen (secondary N) is 2. The Labute approximate surface area is 144 Å². The molecule has 0 aliphatic rings. The number of nitrogens with zero attached hydrogens (tertiary/aromatic N) is 3. The lowest BCUT2D eigenvalue weighted by molar-refractivity contribution is -0.122. The molecule has 0 atom stereocenters. The van der Waals surface area contributed by atoms with Crippen molar-refractivity contribution < 1.29 is 4.79 Å². The second-order valence-electron chi connectivity index (χ2n) is 5.78. The number of aromatic amines is 1. The number of benzene rings is 2. The Hall–Kier alpha value is -3.41. The third kappa shape index (κ3) is 3.42. The summed E-state index contributed by atoms with van der Waals surface area (Å²) in [6.45, 7) is 0.713. The molecule has 0 aliphatic heterocycles. The number of imidazole rings is 1. The number of hydrogen-bond donors (Lipinski definition) is 2. The molecule has 4 rings (SSSR count). The molecule has 2 N–H and O–H groups in total. The number of H-pyrrole nitrogens is 1. The number of rotatable bonds is 5. The van der Waals surface area contributed by atoms with E-state index in [-0.39, 0.29) is 12.5 Å². The maximum Gasteiger partial charge on any atom is 0.241 e. The zero-order chi connectivity index (χ0) is 17.1. The molecule has 2 heterocycles. The van der Waals surface area contributed by atoms with Gasteiger partial charge in [-0.25, -0.2) is 4.98 Å². The zero-order valence-corrected chi connectivity index (χ0v) is 13.5. The van der Waals surface area contributed by atoms with Crippen molar-refractivity contribution >= 4 is 16.9 Å². The van der Waals surface area contributed by atoms with Gasteiger partial charge in [0.25, 0.3) is 0 Å². The van der Waals surface area contributed by atoms with E-state index in [9.17, 15) is 4.79 Å². The monoisotopic (exact) mass is 331 g/mol. The summed E-state index contributed by atoms with van der Waals surface area (Å²) in [5.74, 6) is 0.778. The van der Waals surface area contributed by atoms with Crippen LogP contribution in [0, 0.1) is 0 Å². The predicted octanol–water partition coefficient (Wildman–Crippen LogP) is 2.74. The first-order valence-electron chi connectivity index (χ1n) is 8.06. The van der Waals surface area contributed by atoms with E-state index in [1.54, 1.807) is 23.1 Å². The van der Waals surface area contributed by atoms with Gasteiger partial charge in [-0.3, -0.25) is 9.48 Å². The van der Waals surface area contributed by atoms with Gasteiger partial charge in [-0.05, 0) is 23.8 Å². The molecular weight excluding hydrogens is 314 g/mol. The Morgan fingerprint density at radius 1 is 1.08 bits per heavy atom. The Bertz CT molecular complexity index is 953. The maximum absolute atomic E-state index is 11.9. The predicted molar refractivity (Wildman–Crippen MR) is 95.6 cm³/mol. The van der Waals surface area contributed by atoms with E-state index in [0.717, 1.165) is 28.0 Å². The van der Waals surface area contributed by atoms with Crippen LogP contribution in [0.4, 0.5) is 0 Å². The van der Waals surface area contributed by atoms with Crippen molar-refractivity contribution in [3.05, 3.63) is 72.6 Å². The van der Waals surface area contributed by atoms with Gasteiger partial charge >= 0.3 is 0 Å². The van der Waals surface area contributed by atoms with E-state index < -0.39 is 0 Å². The molecule has 6 nitrogen and oxygen atoms in total. The first-order chi connectivity index (χ1) is 12.3. The van der Waals surface area contributed by atoms with E-state index in [2.05, 4.69) is 20.4 Å². The van der Waals surface area contributed by atoms with Crippen molar-refractivity contribution in [3.63, 3.8) is 0 Å². The van der Waals surface area contributed by atoms with E-state index in [4.69, 9.17) is 0 Å². The highest BCUT2D eigenvalue weighted by Crippen LogP contribution is 2.20. The number of amides is 1. The number of carbonyl (C=O) groups excluding carboxylic acids is 1. The number of fused-ring (bicyclic) bond motifs is 1. The van der Waals surface area contributed by atoms with Crippen LogP contribution in [0.1, 0.15) is 5.56 Å². The first-order valence-corrected chi connectivity index (χ1v) is 8.06. The molecule has 4 aromatic rings. The van der Waals surface area contributed by atoms with Gasteiger partial charge in [-0.1, -0.05) is 36.4 Å². The van der Waals surface area contributed by atoms with Gasteiger partial charge in [-0.2, -0.15) is 5.10 Å². The summed E-state index contributed by atoms with van der Waals surface area (Å²) < 4.78 is 1.60. The lowest BCUT2D eigenvalue weighted by Crippen LogP contribution is -2.27. The summed E-state index contributed by atoms with van der Waals surface area (Å²) in [6.07, 6.45) is 3.42. The summed E-state index contributed by atoms with van der Waals surface area (Å²) in [7, 11) is 0. The molecule has 2 aromatic carbocycles. The average Bonchev–Trinajstić information content (AvgIpc) is 3.29. The van der Waals surface area contributed by atoms with Crippen molar-refractivity contribution in [2.75, 3.05) is 0 Å². The summed E-state index contributed by atoms with van der Waals surface area (Å²) in [5, 5.41) is 6.91. The molecule has 1 amide bonds. The highest BCUT2D eigenvalue weighted by atomic mass is 16.2. The number of aromatic nitrogens is 4. The molecule has 0 bridgehead atoms. The zero-order valence-electron chi connectivity index (χ0n) is 13.5. The smallest absolute Gasteiger partial charge is 0.241 e. The van der Waals surface area contributed by atoms with Crippen LogP contribution in [-0.4, -0.2) is 25.7 Å². The van der Waals surface area contributed by atoms with E-state index >= 15 is 0 Å². The fourth-order valence-electron chi connectivity index (χ4n) is 2.67. The number of carbonyl (C=O) groups is 1. The molecule has 0 saturated carbocycles. The topological polar surface area (TPSA) is 75.6 Å². The van der Waals surface area contributed by atoms with Crippen LogP contribution in [0.2, 0.25) is 0 Å². The molecule has 0 spiro atoms. The van der Waals surface area contributed by atoms with E-state index in [1.807, 2.05) is 48.5 Å². The van der Waals surface area contributed by atoms with Crippen molar-refractivity contribution in [1.82, 2.24) is 25.1 Å². The van der Waals surface area contributed by atoms with Crippen LogP contribution in [0.25, 0.3) is 22.4 Å². The van der Waals surface area contributed by atoms with Crippen LogP contribution < -0.4 is 5.32 Å². The molecule has 0 fully saturated rings. The minimum absolute atomic E-state index is 0.0648. The van der Waals surface area contributed by atoms with Crippen molar-refractivity contribution in [3.8, 4) is 11.4 Å². The van der Waals surface area contributed by atoms with Crippen LogP contribution in [0.15, 0.2) is 67.0 Å². The van der Waals surface area contributed by atoms with Gasteiger partial charge in [0.15, 0.2) is 0 Å². The molecule has 0 saturated heterocycles. The van der Waals surface area contributed by atoms with Gasteiger partial charge in [0.1, 0.15) is 12.4 Å². The van der Waals surface area contributed by atoms with Crippen molar-refractivity contribution in [2.24, 2.45) is 0 Å². The van der Waals surface area contributed by atoms with E-state index in [0.29, 0.717) is 6.54 Å². The molecule has 0 aliphatic carbocycles. The normalized spacial score (nSPS) is 10.9. The van der Waals surface area contributed by atoms with Gasteiger partial charge in [0, 0.05) is 24.5 Å². The molecule has 124 valence electrons. The molecule has 0 radical (unpaired) electrons. The fourth-order valence-corrected chi connectivity index (χ4v) is 2.67. The molecule has 25 heavy (non-hydrogen) atoms.